The van der Waals surface area contributed by atoms with Crippen LogP contribution in [0.25, 0.3) is 0 Å². The van der Waals surface area contributed by atoms with Crippen LogP contribution in [0.4, 0.5) is 0 Å². The molecule has 1 aliphatic heterocycles. The van der Waals surface area contributed by atoms with E-state index in [2.05, 4.69) is 56.5 Å². The van der Waals surface area contributed by atoms with Crippen molar-refractivity contribution < 1.29 is 4.74 Å². The van der Waals surface area contributed by atoms with Gasteiger partial charge in [-0.3, -0.25) is 0 Å². The maximum Gasteiger partial charge on any atom is 0.123 e. The number of thioether (sulfide) groups is 1. The van der Waals surface area contributed by atoms with Gasteiger partial charge >= 0.3 is 0 Å². The van der Waals surface area contributed by atoms with Gasteiger partial charge in [-0.1, -0.05) is 38.1 Å². The summed E-state index contributed by atoms with van der Waals surface area (Å²) in [4.78, 5) is 1.23. The zero-order valence-corrected chi connectivity index (χ0v) is 14.1. The lowest BCUT2D eigenvalue weighted by Crippen LogP contribution is -2.18. The highest BCUT2D eigenvalue weighted by molar-refractivity contribution is 7.98. The first-order valence-electron chi connectivity index (χ1n) is 7.07. The number of hydrogen-bond acceptors (Lipinski definition) is 2. The Kier molecular flexibility index (Phi) is 3.94. The summed E-state index contributed by atoms with van der Waals surface area (Å²) in [5.74, 6) is 0.991. The molecule has 3 rings (SSSR count). The average Bonchev–Trinajstić information content (AvgIpc) is 2.81. The first-order valence-corrected chi connectivity index (χ1v) is 8.73. The second kappa shape index (κ2) is 5.58. The molecule has 0 spiro atoms. The molecule has 0 amide bonds. The van der Waals surface area contributed by atoms with Gasteiger partial charge in [0.15, 0.2) is 0 Å². The molecule has 1 atom stereocenters. The van der Waals surface area contributed by atoms with Crippen LogP contribution >= 0.6 is 23.4 Å². The highest BCUT2D eigenvalue weighted by Gasteiger charge is 2.32. The minimum absolute atomic E-state index is 0.0565. The van der Waals surface area contributed by atoms with Crippen LogP contribution in [0, 0.1) is 0 Å². The Morgan fingerprint density at radius 3 is 2.71 bits per heavy atom. The Hall–Kier alpha value is -1.12. The normalized spacial score (nSPS) is 17.1. The summed E-state index contributed by atoms with van der Waals surface area (Å²) < 4.78 is 5.75. The molecule has 1 aliphatic rings. The van der Waals surface area contributed by atoms with Crippen LogP contribution in [0.15, 0.2) is 47.4 Å². The SMILES string of the molecule is CSc1ccccc1C(Cl)c1ccc2c(c1)C(C)(C)CO2. The van der Waals surface area contributed by atoms with Crippen LogP contribution in [0.2, 0.25) is 0 Å². The van der Waals surface area contributed by atoms with Crippen molar-refractivity contribution in [2.75, 3.05) is 12.9 Å². The molecule has 0 bridgehead atoms. The zero-order chi connectivity index (χ0) is 15.0. The van der Waals surface area contributed by atoms with E-state index in [1.807, 2.05) is 6.07 Å². The molecular weight excluding hydrogens is 300 g/mol. The summed E-state index contributed by atoms with van der Waals surface area (Å²) in [6.45, 7) is 5.16. The van der Waals surface area contributed by atoms with Gasteiger partial charge in [-0.25, -0.2) is 0 Å². The standard InChI is InChI=1S/C18H19ClOS/c1-18(2)11-20-15-9-8-12(10-14(15)18)17(19)13-6-4-5-7-16(13)21-3/h4-10,17H,11H2,1-3H3. The Bertz CT molecular complexity index is 666. The molecule has 0 radical (unpaired) electrons. The Morgan fingerprint density at radius 1 is 1.19 bits per heavy atom. The molecule has 2 aromatic rings. The Morgan fingerprint density at radius 2 is 1.95 bits per heavy atom. The lowest BCUT2D eigenvalue weighted by Gasteiger charge is -2.18. The maximum absolute atomic E-state index is 6.76. The smallest absolute Gasteiger partial charge is 0.123 e. The van der Waals surface area contributed by atoms with Gasteiger partial charge in [0, 0.05) is 15.9 Å². The van der Waals surface area contributed by atoms with Crippen molar-refractivity contribution in [3.8, 4) is 5.75 Å². The van der Waals surface area contributed by atoms with Crippen molar-refractivity contribution in [3.05, 3.63) is 59.2 Å². The van der Waals surface area contributed by atoms with Gasteiger partial charge in [0.25, 0.3) is 0 Å². The summed E-state index contributed by atoms with van der Waals surface area (Å²) in [5, 5.41) is -0.129. The second-order valence-electron chi connectivity index (χ2n) is 6.03. The Labute approximate surface area is 135 Å². The maximum atomic E-state index is 6.76. The predicted octanol–water partition coefficient (Wildman–Crippen LogP) is 5.41. The molecule has 0 aromatic heterocycles. The number of rotatable bonds is 3. The van der Waals surface area contributed by atoms with Crippen LogP contribution in [0.5, 0.6) is 5.75 Å². The van der Waals surface area contributed by atoms with Crippen LogP contribution in [0.3, 0.4) is 0 Å². The lowest BCUT2D eigenvalue weighted by atomic mass is 9.85. The van der Waals surface area contributed by atoms with Crippen molar-refractivity contribution in [2.24, 2.45) is 0 Å². The fourth-order valence-electron chi connectivity index (χ4n) is 2.75. The number of hydrogen-bond donors (Lipinski definition) is 0. The average molecular weight is 319 g/mol. The van der Waals surface area contributed by atoms with Gasteiger partial charge in [-0.05, 0) is 35.6 Å². The number of fused-ring (bicyclic) bond motifs is 1. The third-order valence-corrected chi connectivity index (χ3v) is 5.32. The van der Waals surface area contributed by atoms with Crippen molar-refractivity contribution in [1.29, 1.82) is 0 Å². The highest BCUT2D eigenvalue weighted by Crippen LogP contribution is 2.42. The molecular formula is C18H19ClOS. The van der Waals surface area contributed by atoms with Crippen LogP contribution in [-0.4, -0.2) is 12.9 Å². The van der Waals surface area contributed by atoms with Crippen molar-refractivity contribution >= 4 is 23.4 Å². The topological polar surface area (TPSA) is 9.23 Å². The molecule has 0 aliphatic carbocycles. The molecule has 1 heterocycles. The molecule has 0 saturated heterocycles. The predicted molar refractivity (Wildman–Crippen MR) is 90.9 cm³/mol. The largest absolute Gasteiger partial charge is 0.492 e. The third-order valence-electron chi connectivity index (χ3n) is 4.03. The lowest BCUT2D eigenvalue weighted by molar-refractivity contribution is 0.291. The van der Waals surface area contributed by atoms with Crippen molar-refractivity contribution in [3.63, 3.8) is 0 Å². The van der Waals surface area contributed by atoms with Gasteiger partial charge in [-0.2, -0.15) is 0 Å². The van der Waals surface area contributed by atoms with E-state index < -0.39 is 0 Å². The third kappa shape index (κ3) is 2.67. The van der Waals surface area contributed by atoms with Gasteiger partial charge in [0.1, 0.15) is 5.75 Å². The number of benzene rings is 2. The zero-order valence-electron chi connectivity index (χ0n) is 12.5. The minimum atomic E-state index is -0.129. The number of ether oxygens (including phenoxy) is 1. The van der Waals surface area contributed by atoms with E-state index >= 15 is 0 Å². The van der Waals surface area contributed by atoms with Crippen molar-refractivity contribution in [2.45, 2.75) is 29.5 Å². The summed E-state index contributed by atoms with van der Waals surface area (Å²) >= 11 is 8.49. The van der Waals surface area contributed by atoms with E-state index in [4.69, 9.17) is 16.3 Å². The molecule has 3 heteroatoms. The van der Waals surface area contributed by atoms with E-state index in [-0.39, 0.29) is 10.8 Å². The van der Waals surface area contributed by atoms with Crippen molar-refractivity contribution in [1.82, 2.24) is 0 Å². The molecule has 0 N–H and O–H groups in total. The molecule has 2 aromatic carbocycles. The summed E-state index contributed by atoms with van der Waals surface area (Å²) in [7, 11) is 0. The number of halogens is 1. The van der Waals surface area contributed by atoms with E-state index in [9.17, 15) is 0 Å². The van der Waals surface area contributed by atoms with Gasteiger partial charge in [-0.15, -0.1) is 23.4 Å². The van der Waals surface area contributed by atoms with Crippen LogP contribution in [0.1, 0.15) is 35.9 Å². The summed E-state index contributed by atoms with van der Waals surface area (Å²) in [6, 6.07) is 14.7. The van der Waals surface area contributed by atoms with E-state index in [1.165, 1.54) is 16.0 Å². The minimum Gasteiger partial charge on any atom is -0.492 e. The molecule has 1 unspecified atom stereocenters. The van der Waals surface area contributed by atoms with Crippen LogP contribution in [-0.2, 0) is 5.41 Å². The van der Waals surface area contributed by atoms with Gasteiger partial charge in [0.2, 0.25) is 0 Å². The summed E-state index contributed by atoms with van der Waals surface area (Å²) in [6.07, 6.45) is 2.09. The van der Waals surface area contributed by atoms with Gasteiger partial charge in [0.05, 0.1) is 12.0 Å². The fraction of sp³-hybridized carbons (Fsp3) is 0.333. The van der Waals surface area contributed by atoms with E-state index in [0.29, 0.717) is 0 Å². The first kappa shape index (κ1) is 14.8. The first-order chi connectivity index (χ1) is 10.0. The Balaban J connectivity index is 2.01. The number of alkyl halides is 1. The van der Waals surface area contributed by atoms with E-state index in [1.54, 1.807) is 11.8 Å². The van der Waals surface area contributed by atoms with Gasteiger partial charge < -0.3 is 4.74 Å². The molecule has 110 valence electrons. The molecule has 0 saturated carbocycles. The molecule has 21 heavy (non-hydrogen) atoms. The summed E-state index contributed by atoms with van der Waals surface area (Å²) in [5.41, 5.74) is 3.62. The van der Waals surface area contributed by atoms with Crippen LogP contribution < -0.4 is 4.74 Å². The molecule has 0 fully saturated rings. The fourth-order valence-corrected chi connectivity index (χ4v) is 3.78. The highest BCUT2D eigenvalue weighted by atomic mass is 35.5. The quantitative estimate of drug-likeness (QED) is 0.553. The monoisotopic (exact) mass is 318 g/mol. The second-order valence-corrected chi connectivity index (χ2v) is 7.32. The molecule has 1 nitrogen and oxygen atoms in total. The van der Waals surface area contributed by atoms with E-state index in [0.717, 1.165) is 17.9 Å².